The first-order chi connectivity index (χ1) is 18.0. The van der Waals surface area contributed by atoms with Gasteiger partial charge in [-0.1, -0.05) is 85.6 Å². The fourth-order valence-corrected chi connectivity index (χ4v) is 5.82. The number of hydrogen-bond acceptors (Lipinski definition) is 3. The van der Waals surface area contributed by atoms with Gasteiger partial charge in [-0.15, -0.1) is 11.8 Å². The molecular formula is C31H35FN2O2S. The summed E-state index contributed by atoms with van der Waals surface area (Å²) in [7, 11) is 0. The monoisotopic (exact) mass is 518 g/mol. The molecule has 1 aliphatic carbocycles. The minimum absolute atomic E-state index is 0.0476. The van der Waals surface area contributed by atoms with E-state index in [-0.39, 0.29) is 36.0 Å². The van der Waals surface area contributed by atoms with Crippen molar-refractivity contribution in [2.24, 2.45) is 0 Å². The van der Waals surface area contributed by atoms with Crippen LogP contribution >= 0.6 is 11.8 Å². The van der Waals surface area contributed by atoms with Gasteiger partial charge in [0, 0.05) is 30.3 Å². The predicted molar refractivity (Wildman–Crippen MR) is 149 cm³/mol. The highest BCUT2D eigenvalue weighted by Crippen LogP contribution is 2.22. The van der Waals surface area contributed by atoms with Crippen LogP contribution < -0.4 is 5.32 Å². The minimum atomic E-state index is -0.728. The van der Waals surface area contributed by atoms with Crippen molar-refractivity contribution in [3.8, 4) is 0 Å². The lowest BCUT2D eigenvalue weighted by atomic mass is 10.0. The van der Waals surface area contributed by atoms with E-state index in [1.165, 1.54) is 29.0 Å². The van der Waals surface area contributed by atoms with E-state index in [2.05, 4.69) is 24.4 Å². The average molecular weight is 519 g/mol. The Morgan fingerprint density at radius 2 is 1.59 bits per heavy atom. The number of thioether (sulfide) groups is 1. The van der Waals surface area contributed by atoms with E-state index in [9.17, 15) is 14.0 Å². The second-order valence-electron chi connectivity index (χ2n) is 9.73. The lowest BCUT2D eigenvalue weighted by Crippen LogP contribution is -2.52. The number of halogens is 1. The Labute approximate surface area is 223 Å². The van der Waals surface area contributed by atoms with Crippen LogP contribution in [-0.2, 0) is 28.3 Å². The van der Waals surface area contributed by atoms with Gasteiger partial charge in [-0.25, -0.2) is 4.39 Å². The molecule has 3 aromatic rings. The van der Waals surface area contributed by atoms with Crippen molar-refractivity contribution in [2.45, 2.75) is 63.4 Å². The minimum Gasteiger partial charge on any atom is -0.352 e. The molecule has 0 aromatic heterocycles. The Bertz CT molecular complexity index is 1180. The zero-order chi connectivity index (χ0) is 26.0. The molecule has 37 heavy (non-hydrogen) atoms. The zero-order valence-electron chi connectivity index (χ0n) is 21.4. The van der Waals surface area contributed by atoms with E-state index in [1.807, 2.05) is 42.5 Å². The third-order valence-electron chi connectivity index (χ3n) is 7.02. The van der Waals surface area contributed by atoms with Gasteiger partial charge in [0.25, 0.3) is 0 Å². The van der Waals surface area contributed by atoms with Gasteiger partial charge in [0.05, 0.1) is 5.75 Å². The second kappa shape index (κ2) is 13.4. The molecule has 0 bridgehead atoms. The first-order valence-electron chi connectivity index (χ1n) is 13.0. The fraction of sp³-hybridized carbons (Fsp3) is 0.355. The number of amides is 2. The first kappa shape index (κ1) is 26.9. The molecule has 0 radical (unpaired) electrons. The maximum absolute atomic E-state index is 14.7. The number of nitrogens with one attached hydrogen (secondary N) is 1. The van der Waals surface area contributed by atoms with Crippen LogP contribution in [0, 0.1) is 12.7 Å². The molecule has 2 amide bonds. The summed E-state index contributed by atoms with van der Waals surface area (Å²) in [5.74, 6) is 0.213. The van der Waals surface area contributed by atoms with Gasteiger partial charge in [0.2, 0.25) is 11.8 Å². The summed E-state index contributed by atoms with van der Waals surface area (Å²) < 4.78 is 14.7. The van der Waals surface area contributed by atoms with Crippen LogP contribution in [0.5, 0.6) is 0 Å². The van der Waals surface area contributed by atoms with Crippen LogP contribution in [0.1, 0.15) is 47.9 Å². The van der Waals surface area contributed by atoms with Gasteiger partial charge < -0.3 is 10.2 Å². The van der Waals surface area contributed by atoms with Crippen LogP contribution in [0.25, 0.3) is 0 Å². The molecule has 0 saturated heterocycles. The summed E-state index contributed by atoms with van der Waals surface area (Å²) in [6, 6.07) is 23.7. The van der Waals surface area contributed by atoms with Gasteiger partial charge in [-0.05, 0) is 42.5 Å². The molecule has 0 aliphatic heterocycles. The van der Waals surface area contributed by atoms with Gasteiger partial charge >= 0.3 is 0 Å². The van der Waals surface area contributed by atoms with Gasteiger partial charge in [-0.2, -0.15) is 0 Å². The number of nitrogens with zero attached hydrogens (tertiary/aromatic N) is 1. The average Bonchev–Trinajstić information content (AvgIpc) is 3.42. The summed E-state index contributed by atoms with van der Waals surface area (Å²) in [6.07, 6.45) is 4.49. The third-order valence-corrected chi connectivity index (χ3v) is 7.98. The Balaban J connectivity index is 1.58. The quantitative estimate of drug-likeness (QED) is 0.335. The molecule has 4 rings (SSSR count). The van der Waals surface area contributed by atoms with Crippen molar-refractivity contribution in [3.63, 3.8) is 0 Å². The van der Waals surface area contributed by atoms with E-state index in [0.29, 0.717) is 17.7 Å². The number of carbonyl (C=O) groups excluding carboxylic acids is 2. The predicted octanol–water partition coefficient (Wildman–Crippen LogP) is 6.07. The van der Waals surface area contributed by atoms with Crippen molar-refractivity contribution in [2.75, 3.05) is 5.75 Å². The number of benzene rings is 3. The summed E-state index contributed by atoms with van der Waals surface area (Å²) in [4.78, 5) is 29.0. The number of aryl methyl sites for hydroxylation is 1. The Kier molecular flexibility index (Phi) is 9.78. The van der Waals surface area contributed by atoms with Crippen LogP contribution in [0.15, 0.2) is 78.9 Å². The van der Waals surface area contributed by atoms with E-state index in [0.717, 1.165) is 31.2 Å². The molecule has 1 atom stereocenters. The number of rotatable bonds is 11. The molecule has 1 saturated carbocycles. The van der Waals surface area contributed by atoms with Crippen LogP contribution in [0.4, 0.5) is 4.39 Å². The normalized spacial score (nSPS) is 14.3. The molecular weight excluding hydrogens is 483 g/mol. The lowest BCUT2D eigenvalue weighted by Gasteiger charge is -2.32. The molecule has 6 heteroatoms. The van der Waals surface area contributed by atoms with E-state index >= 15 is 0 Å². The van der Waals surface area contributed by atoms with E-state index in [4.69, 9.17) is 0 Å². The fourth-order valence-electron chi connectivity index (χ4n) is 4.83. The summed E-state index contributed by atoms with van der Waals surface area (Å²) in [6.45, 7) is 2.11. The van der Waals surface area contributed by atoms with Crippen molar-refractivity contribution < 1.29 is 14.0 Å². The highest BCUT2D eigenvalue weighted by Gasteiger charge is 2.32. The van der Waals surface area contributed by atoms with E-state index in [1.54, 1.807) is 23.1 Å². The molecule has 1 N–H and O–H groups in total. The Hall–Kier alpha value is -3.12. The van der Waals surface area contributed by atoms with Gasteiger partial charge in [0.15, 0.2) is 0 Å². The molecule has 3 aromatic carbocycles. The molecule has 1 aliphatic rings. The lowest BCUT2D eigenvalue weighted by molar-refractivity contribution is -0.139. The highest BCUT2D eigenvalue weighted by atomic mass is 32.2. The maximum Gasteiger partial charge on any atom is 0.243 e. The van der Waals surface area contributed by atoms with Crippen molar-refractivity contribution in [1.82, 2.24) is 10.2 Å². The topological polar surface area (TPSA) is 49.4 Å². The number of hydrogen-bond donors (Lipinski definition) is 1. The molecule has 4 nitrogen and oxygen atoms in total. The second-order valence-corrected chi connectivity index (χ2v) is 10.7. The smallest absolute Gasteiger partial charge is 0.243 e. The molecule has 0 heterocycles. The van der Waals surface area contributed by atoms with Gasteiger partial charge in [0.1, 0.15) is 11.9 Å². The maximum atomic E-state index is 14.7. The highest BCUT2D eigenvalue weighted by molar-refractivity contribution is 7.99. The standard InChI is InChI=1S/C31H35FN2O2S/c1-23-11-5-6-15-26(23)21-37-22-30(35)34(20-25-14-7-10-18-28(25)32)29(19-24-12-3-2-4-13-24)31(36)33-27-16-8-9-17-27/h2-7,10-15,18,27,29H,8-9,16-17,19-22H2,1H3,(H,33,36)/t29-/m0/s1. The SMILES string of the molecule is Cc1ccccc1CSCC(=O)N(Cc1ccccc1F)[C@@H](Cc1ccccc1)C(=O)NC1CCCC1. The van der Waals surface area contributed by atoms with Crippen LogP contribution in [0.2, 0.25) is 0 Å². The zero-order valence-corrected chi connectivity index (χ0v) is 22.2. The number of carbonyl (C=O) groups is 2. The first-order valence-corrected chi connectivity index (χ1v) is 14.2. The van der Waals surface area contributed by atoms with Crippen molar-refractivity contribution in [1.29, 1.82) is 0 Å². The summed E-state index contributed by atoms with van der Waals surface area (Å²) in [5, 5.41) is 3.19. The summed E-state index contributed by atoms with van der Waals surface area (Å²) >= 11 is 1.52. The van der Waals surface area contributed by atoms with Crippen molar-refractivity contribution >= 4 is 23.6 Å². The van der Waals surface area contributed by atoms with Crippen molar-refractivity contribution in [3.05, 3.63) is 107 Å². The summed E-state index contributed by atoms with van der Waals surface area (Å²) in [5.41, 5.74) is 3.74. The third kappa shape index (κ3) is 7.68. The molecule has 1 fully saturated rings. The Morgan fingerprint density at radius 1 is 0.946 bits per heavy atom. The van der Waals surface area contributed by atoms with Crippen LogP contribution in [0.3, 0.4) is 0 Å². The van der Waals surface area contributed by atoms with E-state index < -0.39 is 6.04 Å². The molecule has 0 unspecified atom stereocenters. The Morgan fingerprint density at radius 3 is 2.30 bits per heavy atom. The molecule has 0 spiro atoms. The molecule has 194 valence electrons. The van der Waals surface area contributed by atoms with Crippen LogP contribution in [-0.4, -0.2) is 34.6 Å². The largest absolute Gasteiger partial charge is 0.352 e. The van der Waals surface area contributed by atoms with Gasteiger partial charge in [-0.3, -0.25) is 9.59 Å².